The normalized spacial score (nSPS) is 19.5. The van der Waals surface area contributed by atoms with Crippen LogP contribution in [-0.4, -0.2) is 19.0 Å². The van der Waals surface area contributed by atoms with Crippen LogP contribution < -0.4 is 0 Å². The Hall–Kier alpha value is -1.48. The third kappa shape index (κ3) is 2.50. The number of ether oxygens (including phenoxy) is 1. The molecule has 0 atom stereocenters. The topological polar surface area (TPSA) is 26.3 Å². The van der Waals surface area contributed by atoms with Gasteiger partial charge in [0.15, 0.2) is 5.78 Å². The molecule has 0 spiro atoms. The van der Waals surface area contributed by atoms with E-state index in [4.69, 9.17) is 4.74 Å². The Kier molecular flexibility index (Phi) is 2.92. The Labute approximate surface area is 87.4 Å². The van der Waals surface area contributed by atoms with E-state index in [2.05, 4.69) is 0 Å². The lowest BCUT2D eigenvalue weighted by molar-refractivity contribution is -0.119. The number of carbonyl (C=O) groups is 1. The first-order valence-electron chi connectivity index (χ1n) is 4.83. The predicted molar refractivity (Wildman–Crippen MR) is 54.8 cm³/mol. The molecule has 1 aliphatic rings. The zero-order valence-corrected chi connectivity index (χ0v) is 8.20. The van der Waals surface area contributed by atoms with Crippen LogP contribution in [0.2, 0.25) is 0 Å². The van der Waals surface area contributed by atoms with Crippen LogP contribution in [0.1, 0.15) is 12.0 Å². The van der Waals surface area contributed by atoms with Gasteiger partial charge in [-0.2, -0.15) is 0 Å². The standard InChI is InChI=1S/C12H11FO2/c13-11-3-1-9(2-4-11)7-10-8-15-6-5-12(10)14/h1-4,7H,5-6,8H2/b10-7+. The molecule has 0 radical (unpaired) electrons. The van der Waals surface area contributed by atoms with Crippen LogP contribution in [0.25, 0.3) is 6.08 Å². The van der Waals surface area contributed by atoms with Crippen molar-refractivity contribution >= 4 is 11.9 Å². The molecule has 0 saturated carbocycles. The summed E-state index contributed by atoms with van der Waals surface area (Å²) in [6.45, 7) is 0.857. The summed E-state index contributed by atoms with van der Waals surface area (Å²) in [6.07, 6.45) is 2.19. The summed E-state index contributed by atoms with van der Waals surface area (Å²) in [5, 5.41) is 0. The highest BCUT2D eigenvalue weighted by Gasteiger charge is 2.14. The van der Waals surface area contributed by atoms with E-state index in [0.29, 0.717) is 25.2 Å². The molecule has 1 aromatic rings. The minimum absolute atomic E-state index is 0.116. The molecule has 0 aliphatic carbocycles. The maximum Gasteiger partial charge on any atom is 0.163 e. The van der Waals surface area contributed by atoms with Crippen molar-refractivity contribution in [3.63, 3.8) is 0 Å². The zero-order chi connectivity index (χ0) is 10.7. The monoisotopic (exact) mass is 206 g/mol. The molecule has 2 rings (SSSR count). The van der Waals surface area contributed by atoms with Crippen molar-refractivity contribution in [2.24, 2.45) is 0 Å². The number of benzene rings is 1. The molecule has 0 unspecified atom stereocenters. The Bertz CT molecular complexity index is 393. The molecular formula is C12H11FO2. The van der Waals surface area contributed by atoms with Crippen LogP contribution in [0.5, 0.6) is 0 Å². The van der Waals surface area contributed by atoms with Crippen LogP contribution >= 0.6 is 0 Å². The van der Waals surface area contributed by atoms with Crippen molar-refractivity contribution in [3.8, 4) is 0 Å². The summed E-state index contributed by atoms with van der Waals surface area (Å²) in [7, 11) is 0. The van der Waals surface area contributed by atoms with Gasteiger partial charge in [-0.3, -0.25) is 4.79 Å². The molecule has 1 heterocycles. The van der Waals surface area contributed by atoms with Gasteiger partial charge in [-0.05, 0) is 23.8 Å². The fraction of sp³-hybridized carbons (Fsp3) is 0.250. The Morgan fingerprint density at radius 2 is 2.00 bits per heavy atom. The van der Waals surface area contributed by atoms with Gasteiger partial charge >= 0.3 is 0 Å². The molecule has 2 nitrogen and oxygen atoms in total. The summed E-state index contributed by atoms with van der Waals surface area (Å²) in [6, 6.07) is 6.04. The van der Waals surface area contributed by atoms with E-state index in [9.17, 15) is 9.18 Å². The lowest BCUT2D eigenvalue weighted by atomic mass is 10.0. The summed E-state index contributed by atoms with van der Waals surface area (Å²) in [4.78, 5) is 11.4. The van der Waals surface area contributed by atoms with Crippen molar-refractivity contribution in [2.45, 2.75) is 6.42 Å². The maximum absolute atomic E-state index is 12.6. The van der Waals surface area contributed by atoms with E-state index < -0.39 is 0 Å². The molecule has 0 amide bonds. The second-order valence-electron chi connectivity index (χ2n) is 3.45. The second kappa shape index (κ2) is 4.36. The highest BCUT2D eigenvalue weighted by atomic mass is 19.1. The van der Waals surface area contributed by atoms with Gasteiger partial charge in [0, 0.05) is 12.0 Å². The number of hydrogen-bond acceptors (Lipinski definition) is 2. The molecule has 78 valence electrons. The Balaban J connectivity index is 2.21. The first-order chi connectivity index (χ1) is 7.25. The molecule has 1 aliphatic heterocycles. The third-order valence-corrected chi connectivity index (χ3v) is 2.30. The van der Waals surface area contributed by atoms with E-state index in [1.54, 1.807) is 18.2 Å². The first kappa shape index (κ1) is 10.1. The fourth-order valence-electron chi connectivity index (χ4n) is 1.47. The van der Waals surface area contributed by atoms with Crippen molar-refractivity contribution in [1.82, 2.24) is 0 Å². The SMILES string of the molecule is O=C1CCOC/C1=C\c1ccc(F)cc1. The van der Waals surface area contributed by atoms with Crippen LogP contribution in [0.15, 0.2) is 29.8 Å². The number of halogens is 1. The zero-order valence-electron chi connectivity index (χ0n) is 8.20. The smallest absolute Gasteiger partial charge is 0.163 e. The molecule has 3 heteroatoms. The number of hydrogen-bond donors (Lipinski definition) is 0. The van der Waals surface area contributed by atoms with Crippen LogP contribution in [-0.2, 0) is 9.53 Å². The van der Waals surface area contributed by atoms with Gasteiger partial charge in [-0.15, -0.1) is 0 Å². The van der Waals surface area contributed by atoms with E-state index in [1.165, 1.54) is 12.1 Å². The fourth-order valence-corrected chi connectivity index (χ4v) is 1.47. The Morgan fingerprint density at radius 1 is 1.27 bits per heavy atom. The minimum atomic E-state index is -0.275. The van der Waals surface area contributed by atoms with E-state index in [1.807, 2.05) is 0 Å². The molecule has 0 N–H and O–H groups in total. The lowest BCUT2D eigenvalue weighted by Crippen LogP contribution is -2.18. The van der Waals surface area contributed by atoms with Crippen LogP contribution in [0.4, 0.5) is 4.39 Å². The summed E-state index contributed by atoms with van der Waals surface area (Å²) < 4.78 is 17.8. The van der Waals surface area contributed by atoms with Crippen molar-refractivity contribution in [1.29, 1.82) is 0 Å². The van der Waals surface area contributed by atoms with Crippen molar-refractivity contribution in [2.75, 3.05) is 13.2 Å². The summed E-state index contributed by atoms with van der Waals surface area (Å²) in [5.41, 5.74) is 1.48. The molecular weight excluding hydrogens is 195 g/mol. The quantitative estimate of drug-likeness (QED) is 0.658. The molecule has 0 aromatic heterocycles. The average Bonchev–Trinajstić information content (AvgIpc) is 2.25. The van der Waals surface area contributed by atoms with Gasteiger partial charge in [0.25, 0.3) is 0 Å². The van der Waals surface area contributed by atoms with Gasteiger partial charge in [-0.25, -0.2) is 4.39 Å². The van der Waals surface area contributed by atoms with E-state index in [0.717, 1.165) is 5.56 Å². The molecule has 0 bridgehead atoms. The van der Waals surface area contributed by atoms with Crippen molar-refractivity contribution in [3.05, 3.63) is 41.2 Å². The maximum atomic E-state index is 12.6. The Morgan fingerprint density at radius 3 is 2.67 bits per heavy atom. The number of rotatable bonds is 1. The average molecular weight is 206 g/mol. The molecule has 1 fully saturated rings. The molecule has 1 saturated heterocycles. The third-order valence-electron chi connectivity index (χ3n) is 2.30. The largest absolute Gasteiger partial charge is 0.376 e. The first-order valence-corrected chi connectivity index (χ1v) is 4.83. The van der Waals surface area contributed by atoms with E-state index >= 15 is 0 Å². The van der Waals surface area contributed by atoms with Gasteiger partial charge in [0.1, 0.15) is 5.82 Å². The van der Waals surface area contributed by atoms with Crippen molar-refractivity contribution < 1.29 is 13.9 Å². The van der Waals surface area contributed by atoms with Gasteiger partial charge in [-0.1, -0.05) is 12.1 Å². The van der Waals surface area contributed by atoms with Gasteiger partial charge in [0.2, 0.25) is 0 Å². The summed E-state index contributed by atoms with van der Waals surface area (Å²) >= 11 is 0. The highest BCUT2D eigenvalue weighted by molar-refractivity contribution is 6.00. The molecule has 15 heavy (non-hydrogen) atoms. The highest BCUT2D eigenvalue weighted by Crippen LogP contribution is 2.14. The minimum Gasteiger partial charge on any atom is -0.376 e. The second-order valence-corrected chi connectivity index (χ2v) is 3.45. The number of carbonyl (C=O) groups excluding carboxylic acids is 1. The van der Waals surface area contributed by atoms with Gasteiger partial charge < -0.3 is 4.74 Å². The number of Topliss-reactive ketones (excluding diaryl/α,β-unsaturated/α-hetero) is 1. The van der Waals surface area contributed by atoms with Crippen LogP contribution in [0, 0.1) is 5.82 Å². The number of ketones is 1. The predicted octanol–water partition coefficient (Wildman–Crippen LogP) is 2.20. The summed E-state index contributed by atoms with van der Waals surface area (Å²) in [5.74, 6) is -0.158. The van der Waals surface area contributed by atoms with E-state index in [-0.39, 0.29) is 11.6 Å². The van der Waals surface area contributed by atoms with Crippen LogP contribution in [0.3, 0.4) is 0 Å². The lowest BCUT2D eigenvalue weighted by Gasteiger charge is -2.13. The molecule has 1 aromatic carbocycles. The van der Waals surface area contributed by atoms with Gasteiger partial charge in [0.05, 0.1) is 13.2 Å².